The quantitative estimate of drug-likeness (QED) is 0.422. The van der Waals surface area contributed by atoms with E-state index in [9.17, 15) is 5.11 Å². The maximum absolute atomic E-state index is 9.54. The lowest BCUT2D eigenvalue weighted by molar-refractivity contribution is -0.0496. The molecule has 3 aromatic rings. The molecule has 1 fully saturated rings. The fraction of sp³-hybridized carbons (Fsp3) is 0.379. The molecule has 174 valence electrons. The van der Waals surface area contributed by atoms with Gasteiger partial charge in [0.05, 0.1) is 25.9 Å². The lowest BCUT2D eigenvalue weighted by Gasteiger charge is -2.29. The summed E-state index contributed by atoms with van der Waals surface area (Å²) in [6.45, 7) is 0.590. The Morgan fingerprint density at radius 1 is 0.818 bits per heavy atom. The van der Waals surface area contributed by atoms with E-state index in [4.69, 9.17) is 14.6 Å². The average molecular weight is 447 g/mol. The predicted octanol–water partition coefficient (Wildman–Crippen LogP) is 5.17. The van der Waals surface area contributed by atoms with Crippen LogP contribution >= 0.6 is 0 Å². The molecule has 2 N–H and O–H groups in total. The summed E-state index contributed by atoms with van der Waals surface area (Å²) in [5.74, 6) is 1.47. The highest BCUT2D eigenvalue weighted by atomic mass is 16.5. The minimum Gasteiger partial charge on any atom is -0.493 e. The third-order valence-corrected chi connectivity index (χ3v) is 6.41. The van der Waals surface area contributed by atoms with E-state index in [1.54, 1.807) is 0 Å². The van der Waals surface area contributed by atoms with Crippen LogP contribution < -0.4 is 4.74 Å². The number of hydrogen-bond donors (Lipinski definition) is 2. The minimum absolute atomic E-state index is 0.125. The van der Waals surface area contributed by atoms with E-state index >= 15 is 0 Å². The SMILES string of the molecule is OC[C@H](O)CO[C@@H]1CCC[C@H](COc2cccc(C(c3ccccc3)c3ccccc3)c2)C1. The fourth-order valence-electron chi connectivity index (χ4n) is 4.71. The molecule has 0 unspecified atom stereocenters. The zero-order valence-electron chi connectivity index (χ0n) is 19.1. The van der Waals surface area contributed by atoms with Crippen molar-refractivity contribution in [3.8, 4) is 5.75 Å². The van der Waals surface area contributed by atoms with E-state index in [1.807, 2.05) is 6.07 Å². The molecule has 0 radical (unpaired) electrons. The fourth-order valence-corrected chi connectivity index (χ4v) is 4.71. The smallest absolute Gasteiger partial charge is 0.119 e. The zero-order valence-corrected chi connectivity index (χ0v) is 19.1. The van der Waals surface area contributed by atoms with E-state index < -0.39 is 6.10 Å². The lowest BCUT2D eigenvalue weighted by atomic mass is 9.85. The standard InChI is InChI=1S/C29H34O4/c30-19-26(31)21-33-27-15-7-9-22(17-27)20-32-28-16-8-14-25(18-28)29(23-10-3-1-4-11-23)24-12-5-2-6-13-24/h1-6,8,10-14,16,18,22,26-27,29-31H,7,9,15,17,19-21H2/t22-,26-,27+/m0/s1. The van der Waals surface area contributed by atoms with Gasteiger partial charge in [-0.1, -0.05) is 79.2 Å². The first-order valence-corrected chi connectivity index (χ1v) is 12.0. The number of aliphatic hydroxyl groups is 2. The second-order valence-corrected chi connectivity index (χ2v) is 8.96. The van der Waals surface area contributed by atoms with Crippen molar-refractivity contribution in [3.05, 3.63) is 102 Å². The van der Waals surface area contributed by atoms with Crippen LogP contribution in [-0.2, 0) is 4.74 Å². The Hall–Kier alpha value is -2.66. The number of hydrogen-bond acceptors (Lipinski definition) is 4. The number of benzene rings is 3. The molecule has 0 aliphatic heterocycles. The Morgan fingerprint density at radius 3 is 2.15 bits per heavy atom. The molecule has 4 nitrogen and oxygen atoms in total. The lowest BCUT2D eigenvalue weighted by Crippen LogP contribution is -2.30. The summed E-state index contributed by atoms with van der Waals surface area (Å²) in [6.07, 6.45) is 3.47. The summed E-state index contributed by atoms with van der Waals surface area (Å²) in [4.78, 5) is 0. The Morgan fingerprint density at radius 2 is 1.48 bits per heavy atom. The first-order chi connectivity index (χ1) is 16.2. The molecule has 0 amide bonds. The molecule has 1 aliphatic rings. The Kier molecular flexibility index (Phi) is 8.53. The van der Waals surface area contributed by atoms with Crippen LogP contribution in [0.25, 0.3) is 0 Å². The van der Waals surface area contributed by atoms with Gasteiger partial charge in [0.15, 0.2) is 0 Å². The highest BCUT2D eigenvalue weighted by Crippen LogP contribution is 2.34. The summed E-state index contributed by atoms with van der Waals surface area (Å²) in [7, 11) is 0. The summed E-state index contributed by atoms with van der Waals surface area (Å²) in [5, 5.41) is 18.5. The summed E-state index contributed by atoms with van der Waals surface area (Å²) < 4.78 is 12.1. The van der Waals surface area contributed by atoms with Crippen molar-refractivity contribution in [2.24, 2.45) is 5.92 Å². The topological polar surface area (TPSA) is 58.9 Å². The Labute approximate surface area is 196 Å². The summed E-state index contributed by atoms with van der Waals surface area (Å²) in [5.41, 5.74) is 3.74. The van der Waals surface area contributed by atoms with Crippen molar-refractivity contribution in [2.45, 2.75) is 43.8 Å². The Balaban J connectivity index is 1.43. The molecule has 4 heteroatoms. The van der Waals surface area contributed by atoms with Crippen LogP contribution in [0.5, 0.6) is 5.75 Å². The molecule has 0 spiro atoms. The van der Waals surface area contributed by atoms with E-state index in [1.165, 1.54) is 16.7 Å². The van der Waals surface area contributed by atoms with Gasteiger partial charge in [-0.05, 0) is 54.0 Å². The largest absolute Gasteiger partial charge is 0.493 e. The van der Waals surface area contributed by atoms with Crippen LogP contribution in [0.1, 0.15) is 48.3 Å². The predicted molar refractivity (Wildman–Crippen MR) is 131 cm³/mol. The molecule has 3 aromatic carbocycles. The van der Waals surface area contributed by atoms with Crippen LogP contribution in [0.2, 0.25) is 0 Å². The molecular weight excluding hydrogens is 412 g/mol. The van der Waals surface area contributed by atoms with Gasteiger partial charge in [-0.15, -0.1) is 0 Å². The van der Waals surface area contributed by atoms with Crippen molar-refractivity contribution in [3.63, 3.8) is 0 Å². The molecule has 1 saturated carbocycles. The molecule has 4 rings (SSSR count). The third-order valence-electron chi connectivity index (χ3n) is 6.41. The van der Waals surface area contributed by atoms with Crippen molar-refractivity contribution in [2.75, 3.05) is 19.8 Å². The van der Waals surface area contributed by atoms with Gasteiger partial charge in [-0.2, -0.15) is 0 Å². The first kappa shape index (κ1) is 23.5. The van der Waals surface area contributed by atoms with Gasteiger partial charge in [0.1, 0.15) is 11.9 Å². The second-order valence-electron chi connectivity index (χ2n) is 8.96. The maximum atomic E-state index is 9.54. The highest BCUT2D eigenvalue weighted by Gasteiger charge is 2.24. The molecule has 0 saturated heterocycles. The van der Waals surface area contributed by atoms with Gasteiger partial charge < -0.3 is 19.7 Å². The summed E-state index contributed by atoms with van der Waals surface area (Å²) >= 11 is 0. The Bertz CT molecular complexity index is 920. The highest BCUT2D eigenvalue weighted by molar-refractivity contribution is 5.45. The van der Waals surface area contributed by atoms with Gasteiger partial charge >= 0.3 is 0 Å². The molecule has 0 bridgehead atoms. The molecule has 0 heterocycles. The number of aliphatic hydroxyl groups excluding tert-OH is 2. The molecule has 33 heavy (non-hydrogen) atoms. The van der Waals surface area contributed by atoms with Crippen LogP contribution in [0.15, 0.2) is 84.9 Å². The number of ether oxygens (including phenoxy) is 2. The second kappa shape index (κ2) is 12.0. The maximum Gasteiger partial charge on any atom is 0.119 e. The first-order valence-electron chi connectivity index (χ1n) is 12.0. The van der Waals surface area contributed by atoms with Crippen LogP contribution in [0.4, 0.5) is 0 Å². The minimum atomic E-state index is -0.799. The van der Waals surface area contributed by atoms with E-state index in [0.717, 1.165) is 31.4 Å². The van der Waals surface area contributed by atoms with Gasteiger partial charge in [0, 0.05) is 5.92 Å². The van der Waals surface area contributed by atoms with Crippen molar-refractivity contribution >= 4 is 0 Å². The molecule has 0 aromatic heterocycles. The van der Waals surface area contributed by atoms with E-state index in [2.05, 4.69) is 78.9 Å². The van der Waals surface area contributed by atoms with Crippen LogP contribution in [0.3, 0.4) is 0 Å². The number of rotatable bonds is 10. The van der Waals surface area contributed by atoms with Gasteiger partial charge in [0.2, 0.25) is 0 Å². The zero-order chi connectivity index (χ0) is 22.9. The van der Waals surface area contributed by atoms with Gasteiger partial charge in [0.25, 0.3) is 0 Å². The van der Waals surface area contributed by atoms with Gasteiger partial charge in [-0.25, -0.2) is 0 Å². The average Bonchev–Trinajstić information content (AvgIpc) is 2.88. The van der Waals surface area contributed by atoms with Crippen molar-refractivity contribution in [1.82, 2.24) is 0 Å². The van der Waals surface area contributed by atoms with E-state index in [-0.39, 0.29) is 25.2 Å². The summed E-state index contributed by atoms with van der Waals surface area (Å²) in [6, 6.07) is 29.6. The molecule has 3 atom stereocenters. The van der Waals surface area contributed by atoms with Crippen molar-refractivity contribution in [1.29, 1.82) is 0 Å². The van der Waals surface area contributed by atoms with Crippen LogP contribution in [0, 0.1) is 5.92 Å². The normalized spacial score (nSPS) is 19.4. The monoisotopic (exact) mass is 446 g/mol. The third kappa shape index (κ3) is 6.67. The van der Waals surface area contributed by atoms with Crippen molar-refractivity contribution < 1.29 is 19.7 Å². The molecular formula is C29H34O4. The van der Waals surface area contributed by atoms with Crippen LogP contribution in [-0.4, -0.2) is 42.2 Å². The van der Waals surface area contributed by atoms with E-state index in [0.29, 0.717) is 12.5 Å². The van der Waals surface area contributed by atoms with Gasteiger partial charge in [-0.3, -0.25) is 0 Å². The molecule has 1 aliphatic carbocycles.